The third kappa shape index (κ3) is 4.80. The molecule has 1 saturated heterocycles. The molecule has 0 bridgehead atoms. The Morgan fingerprint density at radius 2 is 1.96 bits per heavy atom. The molecule has 0 aliphatic carbocycles. The molecule has 1 aliphatic rings. The molecule has 1 aliphatic heterocycles. The van der Waals surface area contributed by atoms with E-state index in [1.807, 2.05) is 13.0 Å². The van der Waals surface area contributed by atoms with Crippen molar-refractivity contribution in [3.05, 3.63) is 47.3 Å². The van der Waals surface area contributed by atoms with Crippen molar-refractivity contribution in [1.29, 1.82) is 0 Å². The number of hydrogen-bond acceptors (Lipinski definition) is 3. The molecular weight excluding hydrogens is 332 g/mol. The second-order valence-corrected chi connectivity index (χ2v) is 7.44. The highest BCUT2D eigenvalue weighted by Crippen LogP contribution is 2.17. The lowest BCUT2D eigenvalue weighted by atomic mass is 10.0. The minimum atomic E-state index is 0.547. The van der Waals surface area contributed by atoms with Crippen molar-refractivity contribution in [3.8, 4) is 0 Å². The summed E-state index contributed by atoms with van der Waals surface area (Å²) in [7, 11) is 0. The number of thiocarbonyl (C=S) groups is 1. The fraction of sp³-hybridized carbons (Fsp3) is 0.474. The molecule has 25 heavy (non-hydrogen) atoms. The molecule has 1 fully saturated rings. The highest BCUT2D eigenvalue weighted by Gasteiger charge is 2.22. The Balaban J connectivity index is 1.48. The van der Waals surface area contributed by atoms with Gasteiger partial charge in [0.2, 0.25) is 0 Å². The molecule has 0 unspecified atom stereocenters. The van der Waals surface area contributed by atoms with Crippen molar-refractivity contribution in [3.63, 3.8) is 0 Å². The van der Waals surface area contributed by atoms with Gasteiger partial charge in [0.15, 0.2) is 5.11 Å². The first kappa shape index (κ1) is 17.9. The smallest absolute Gasteiger partial charge is 0.173 e. The zero-order valence-electron chi connectivity index (χ0n) is 15.2. The number of benzene rings is 1. The van der Waals surface area contributed by atoms with E-state index in [2.05, 4.69) is 53.5 Å². The van der Waals surface area contributed by atoms with Crippen LogP contribution in [0.2, 0.25) is 0 Å². The maximum atomic E-state index is 5.59. The van der Waals surface area contributed by atoms with Gasteiger partial charge in [0.1, 0.15) is 18.0 Å². The highest BCUT2D eigenvalue weighted by atomic mass is 32.1. The Bertz CT molecular complexity index is 702. The van der Waals surface area contributed by atoms with Gasteiger partial charge in [-0.3, -0.25) is 0 Å². The molecule has 2 N–H and O–H groups in total. The van der Waals surface area contributed by atoms with Gasteiger partial charge >= 0.3 is 0 Å². The largest absolute Gasteiger partial charge is 0.361 e. The van der Waals surface area contributed by atoms with Gasteiger partial charge in [-0.05, 0) is 42.8 Å². The van der Waals surface area contributed by atoms with E-state index in [1.165, 1.54) is 10.5 Å². The van der Waals surface area contributed by atoms with E-state index in [0.29, 0.717) is 5.92 Å². The van der Waals surface area contributed by atoms with Crippen LogP contribution < -0.4 is 10.2 Å². The zero-order chi connectivity index (χ0) is 17.8. The average Bonchev–Trinajstić information content (AvgIpc) is 3.01. The van der Waals surface area contributed by atoms with Crippen molar-refractivity contribution in [2.24, 2.45) is 0 Å². The van der Waals surface area contributed by atoms with Gasteiger partial charge in [0.05, 0.1) is 26.2 Å². The summed E-state index contributed by atoms with van der Waals surface area (Å²) in [6.45, 7) is 11.3. The maximum absolute atomic E-state index is 5.59. The number of aromatic nitrogens is 1. The monoisotopic (exact) mass is 359 g/mol. The van der Waals surface area contributed by atoms with E-state index in [1.54, 1.807) is 0 Å². The van der Waals surface area contributed by atoms with E-state index in [9.17, 15) is 0 Å². The molecule has 0 radical (unpaired) electrons. The van der Waals surface area contributed by atoms with Crippen LogP contribution in [-0.4, -0.2) is 41.3 Å². The normalized spacial score (nSPS) is 15.6. The molecule has 134 valence electrons. The van der Waals surface area contributed by atoms with E-state index in [4.69, 9.17) is 16.7 Å². The number of nitrogens with zero attached hydrogens (tertiary/aromatic N) is 2. The summed E-state index contributed by atoms with van der Waals surface area (Å²) in [5.74, 6) is 1.42. The van der Waals surface area contributed by atoms with Gasteiger partial charge in [-0.25, -0.2) is 0 Å². The Labute approximate surface area is 155 Å². The third-order valence-electron chi connectivity index (χ3n) is 4.69. The minimum absolute atomic E-state index is 0.547. The standard InChI is InChI=1S/C19H26N4OS/c1-14(2)16-4-6-17(7-5-16)20-19(25)23-10-8-22(9-11-23)13-18-12-15(3)24-21-18/h4-7,12,14H,8-11,13H2,1-3H3,(H,20,25)/p+1. The molecule has 3 rings (SSSR count). The summed E-state index contributed by atoms with van der Waals surface area (Å²) in [5, 5.41) is 8.27. The molecule has 2 aromatic rings. The summed E-state index contributed by atoms with van der Waals surface area (Å²) < 4.78 is 5.15. The van der Waals surface area contributed by atoms with Crippen LogP contribution in [0.1, 0.15) is 36.8 Å². The van der Waals surface area contributed by atoms with Gasteiger partial charge in [-0.1, -0.05) is 31.1 Å². The van der Waals surface area contributed by atoms with Crippen LogP contribution in [0.15, 0.2) is 34.9 Å². The molecule has 0 saturated carbocycles. The highest BCUT2D eigenvalue weighted by molar-refractivity contribution is 7.80. The topological polar surface area (TPSA) is 45.7 Å². The van der Waals surface area contributed by atoms with Crippen LogP contribution in [0.4, 0.5) is 5.69 Å². The van der Waals surface area contributed by atoms with E-state index in [0.717, 1.165) is 55.0 Å². The molecule has 0 amide bonds. The van der Waals surface area contributed by atoms with E-state index in [-0.39, 0.29) is 0 Å². The molecule has 1 aromatic heterocycles. The first-order valence-electron chi connectivity index (χ1n) is 8.93. The van der Waals surface area contributed by atoms with Crippen LogP contribution in [-0.2, 0) is 6.54 Å². The van der Waals surface area contributed by atoms with Gasteiger partial charge in [-0.2, -0.15) is 0 Å². The van der Waals surface area contributed by atoms with Gasteiger partial charge in [-0.15, -0.1) is 0 Å². The molecule has 5 nitrogen and oxygen atoms in total. The number of piperazine rings is 1. The minimum Gasteiger partial charge on any atom is -0.361 e. The summed E-state index contributed by atoms with van der Waals surface area (Å²) >= 11 is 5.59. The summed E-state index contributed by atoms with van der Waals surface area (Å²) in [5.41, 5.74) is 3.44. The van der Waals surface area contributed by atoms with Crippen molar-refractivity contribution < 1.29 is 9.42 Å². The number of nitrogens with one attached hydrogen (secondary N) is 2. The van der Waals surface area contributed by atoms with Gasteiger partial charge in [0.25, 0.3) is 0 Å². The van der Waals surface area contributed by atoms with Crippen molar-refractivity contribution >= 4 is 23.0 Å². The Hall–Kier alpha value is -1.92. The van der Waals surface area contributed by atoms with Crippen LogP contribution >= 0.6 is 12.2 Å². The van der Waals surface area contributed by atoms with Crippen molar-refractivity contribution in [2.75, 3.05) is 31.5 Å². The van der Waals surface area contributed by atoms with Crippen molar-refractivity contribution in [1.82, 2.24) is 10.1 Å². The van der Waals surface area contributed by atoms with Crippen molar-refractivity contribution in [2.45, 2.75) is 33.2 Å². The van der Waals surface area contributed by atoms with Crippen LogP contribution in [0.3, 0.4) is 0 Å². The second-order valence-electron chi connectivity index (χ2n) is 7.05. The van der Waals surface area contributed by atoms with Gasteiger partial charge < -0.3 is 19.6 Å². The quantitative estimate of drug-likeness (QED) is 0.820. The lowest BCUT2D eigenvalue weighted by Crippen LogP contribution is -3.13. The van der Waals surface area contributed by atoms with Crippen LogP contribution in [0, 0.1) is 6.92 Å². The fourth-order valence-corrected chi connectivity index (χ4v) is 3.41. The molecule has 0 atom stereocenters. The number of quaternary nitrogens is 1. The molecular formula is C19H27N4OS+. The molecule has 2 heterocycles. The maximum Gasteiger partial charge on any atom is 0.173 e. The Morgan fingerprint density at radius 3 is 2.52 bits per heavy atom. The molecule has 1 aromatic carbocycles. The average molecular weight is 360 g/mol. The number of rotatable bonds is 4. The predicted molar refractivity (Wildman–Crippen MR) is 104 cm³/mol. The van der Waals surface area contributed by atoms with E-state index >= 15 is 0 Å². The molecule has 0 spiro atoms. The summed E-state index contributed by atoms with van der Waals surface area (Å²) in [4.78, 5) is 3.78. The number of anilines is 1. The van der Waals surface area contributed by atoms with Gasteiger partial charge in [0, 0.05) is 11.8 Å². The number of aryl methyl sites for hydroxylation is 1. The zero-order valence-corrected chi connectivity index (χ0v) is 16.0. The second kappa shape index (κ2) is 7.97. The fourth-order valence-electron chi connectivity index (χ4n) is 3.11. The predicted octanol–water partition coefficient (Wildman–Crippen LogP) is 2.20. The first-order chi connectivity index (χ1) is 12.0. The van der Waals surface area contributed by atoms with E-state index < -0.39 is 0 Å². The van der Waals surface area contributed by atoms with Crippen LogP contribution in [0.5, 0.6) is 0 Å². The molecule has 6 heteroatoms. The third-order valence-corrected chi connectivity index (χ3v) is 5.05. The number of hydrogen-bond donors (Lipinski definition) is 2. The SMILES string of the molecule is Cc1cc(C[NH+]2CCN(C(=S)Nc3ccc(C(C)C)cc3)CC2)no1. The lowest BCUT2D eigenvalue weighted by molar-refractivity contribution is -0.917. The summed E-state index contributed by atoms with van der Waals surface area (Å²) in [6, 6.07) is 10.6. The summed E-state index contributed by atoms with van der Waals surface area (Å²) in [6.07, 6.45) is 0. The first-order valence-corrected chi connectivity index (χ1v) is 9.34. The van der Waals surface area contributed by atoms with Crippen LogP contribution in [0.25, 0.3) is 0 Å². The Morgan fingerprint density at radius 1 is 1.28 bits per heavy atom. The Kier molecular flexibility index (Phi) is 5.71. The lowest BCUT2D eigenvalue weighted by Gasteiger charge is -2.33.